The Bertz CT molecular complexity index is 2440. The van der Waals surface area contributed by atoms with Gasteiger partial charge in [0.15, 0.2) is 16.9 Å². The quantitative estimate of drug-likeness (QED) is 0.0199. The number of anilines is 1. The van der Waals surface area contributed by atoms with E-state index in [1.165, 1.54) is 35.1 Å². The van der Waals surface area contributed by atoms with Gasteiger partial charge in [0.2, 0.25) is 0 Å². The van der Waals surface area contributed by atoms with Crippen LogP contribution in [0.25, 0.3) is 0 Å². The number of hydrogen-bond donors (Lipinski definition) is 2. The van der Waals surface area contributed by atoms with Crippen LogP contribution in [0.5, 0.6) is 0 Å². The van der Waals surface area contributed by atoms with E-state index in [0.717, 1.165) is 27.8 Å². The molecule has 1 unspecified atom stereocenters. The van der Waals surface area contributed by atoms with Crippen molar-refractivity contribution in [3.63, 3.8) is 0 Å². The van der Waals surface area contributed by atoms with Crippen LogP contribution in [-0.2, 0) is 29.5 Å². The van der Waals surface area contributed by atoms with Gasteiger partial charge in [-0.15, -0.1) is 23.1 Å². The van der Waals surface area contributed by atoms with Gasteiger partial charge in [0, 0.05) is 15.6 Å². The van der Waals surface area contributed by atoms with Crippen LogP contribution in [0.2, 0.25) is 0 Å². The first-order chi connectivity index (χ1) is 29.9. The van der Waals surface area contributed by atoms with Crippen LogP contribution < -0.4 is 10.6 Å². The molecule has 306 valence electrons. The Morgan fingerprint density at radius 2 is 1.38 bits per heavy atom. The number of oxime groups is 1. The number of nitrogens with zero attached hydrogens (tertiary/aromatic N) is 3. The number of ether oxygens (including phenoxy) is 1. The van der Waals surface area contributed by atoms with E-state index in [2.05, 4.69) is 74.8 Å². The van der Waals surface area contributed by atoms with Gasteiger partial charge < -0.3 is 20.2 Å². The van der Waals surface area contributed by atoms with Crippen LogP contribution >= 0.6 is 45.7 Å². The number of hydrogen-bond acceptors (Lipinski definition) is 10. The fourth-order valence-corrected chi connectivity index (χ4v) is 9.90. The minimum absolute atomic E-state index is 0.0991. The third-order valence-corrected chi connectivity index (χ3v) is 12.9. The number of halogens is 1. The molecule has 2 aliphatic rings. The number of allylic oxidation sites excluding steroid dienone is 2. The molecule has 1 aromatic heterocycles. The Hall–Kier alpha value is -6.03. The first-order valence-electron chi connectivity index (χ1n) is 19.5. The molecular weight excluding hydrogens is 918 g/mol. The summed E-state index contributed by atoms with van der Waals surface area (Å²) in [6.45, 7) is 0. The van der Waals surface area contributed by atoms with Gasteiger partial charge in [-0.3, -0.25) is 14.5 Å². The zero-order valence-electron chi connectivity index (χ0n) is 32.9. The van der Waals surface area contributed by atoms with E-state index in [1.54, 1.807) is 5.38 Å². The van der Waals surface area contributed by atoms with Gasteiger partial charge in [-0.1, -0.05) is 192 Å². The summed E-state index contributed by atoms with van der Waals surface area (Å²) < 4.78 is 6.98. The first kappa shape index (κ1) is 41.7. The van der Waals surface area contributed by atoms with Crippen LogP contribution in [0.4, 0.5) is 5.13 Å². The average molecular weight is 958 g/mol. The van der Waals surface area contributed by atoms with Crippen LogP contribution in [-0.4, -0.2) is 62.1 Å². The number of thioether (sulfide) groups is 1. The van der Waals surface area contributed by atoms with E-state index < -0.39 is 40.8 Å². The van der Waals surface area contributed by atoms with Gasteiger partial charge in [-0.05, 0) is 33.4 Å². The maximum absolute atomic E-state index is 14.3. The molecule has 10 nitrogen and oxygen atoms in total. The molecule has 6 aromatic rings. The van der Waals surface area contributed by atoms with Crippen molar-refractivity contribution in [3.8, 4) is 0 Å². The van der Waals surface area contributed by atoms with Crippen molar-refractivity contribution >= 4 is 74.3 Å². The minimum atomic E-state index is -0.949. The summed E-state index contributed by atoms with van der Waals surface area (Å²) in [7, 11) is 1.35. The Kier molecular flexibility index (Phi) is 13.1. The van der Waals surface area contributed by atoms with Crippen molar-refractivity contribution in [2.75, 3.05) is 22.6 Å². The number of rotatable bonds is 15. The molecule has 2 atom stereocenters. The first-order valence-corrected chi connectivity index (χ1v) is 22.9. The third-order valence-electron chi connectivity index (χ3n) is 10.4. The maximum atomic E-state index is 14.3. The van der Waals surface area contributed by atoms with Crippen molar-refractivity contribution < 1.29 is 24.0 Å². The second-order valence-electron chi connectivity index (χ2n) is 14.0. The number of fused-ring (bicyclic) bond motifs is 1. The lowest BCUT2D eigenvalue weighted by Crippen LogP contribution is -2.71. The molecule has 13 heteroatoms. The van der Waals surface area contributed by atoms with Crippen molar-refractivity contribution in [2.24, 2.45) is 5.16 Å². The Balaban J connectivity index is 1.05. The Labute approximate surface area is 375 Å². The summed E-state index contributed by atoms with van der Waals surface area (Å²) in [6, 6.07) is 48.4. The van der Waals surface area contributed by atoms with E-state index in [9.17, 15) is 14.4 Å². The van der Waals surface area contributed by atoms with Gasteiger partial charge in [0.05, 0.1) is 0 Å². The molecule has 3 heterocycles. The minimum Gasteiger partial charge on any atom is -0.448 e. The largest absolute Gasteiger partial charge is 0.448 e. The molecule has 2 amide bonds. The molecule has 0 aliphatic carbocycles. The van der Waals surface area contributed by atoms with Crippen molar-refractivity contribution in [2.45, 2.75) is 23.1 Å². The van der Waals surface area contributed by atoms with Crippen LogP contribution in [0.3, 0.4) is 0 Å². The highest BCUT2D eigenvalue weighted by Gasteiger charge is 2.55. The number of nitrogens with one attached hydrogen (secondary N) is 2. The molecule has 8 rings (SSSR count). The zero-order chi connectivity index (χ0) is 42.2. The number of thiazole rings is 1. The molecule has 2 N–H and O–H groups in total. The summed E-state index contributed by atoms with van der Waals surface area (Å²) in [5.41, 5.74) is 4.72. The van der Waals surface area contributed by atoms with E-state index >= 15 is 0 Å². The molecule has 0 spiro atoms. The van der Waals surface area contributed by atoms with E-state index in [4.69, 9.17) is 14.6 Å². The number of benzene rings is 5. The number of aromatic nitrogens is 1. The molecule has 0 saturated carbocycles. The van der Waals surface area contributed by atoms with Gasteiger partial charge >= 0.3 is 5.97 Å². The number of amides is 2. The highest BCUT2D eigenvalue weighted by molar-refractivity contribution is 14.1. The van der Waals surface area contributed by atoms with Gasteiger partial charge in [-0.2, -0.15) is 0 Å². The predicted molar refractivity (Wildman–Crippen MR) is 249 cm³/mol. The number of esters is 1. The lowest BCUT2D eigenvalue weighted by Gasteiger charge is -2.49. The van der Waals surface area contributed by atoms with E-state index in [-0.39, 0.29) is 17.1 Å². The zero-order valence-corrected chi connectivity index (χ0v) is 36.7. The van der Waals surface area contributed by atoms with Gasteiger partial charge in [-0.25, -0.2) is 9.78 Å². The Morgan fingerprint density at radius 3 is 1.89 bits per heavy atom. The Morgan fingerprint density at radius 1 is 0.852 bits per heavy atom. The van der Waals surface area contributed by atoms with Crippen molar-refractivity contribution in [1.29, 1.82) is 0 Å². The molecular formula is C48H40IN5O5S2. The molecule has 0 radical (unpaired) electrons. The van der Waals surface area contributed by atoms with Crippen molar-refractivity contribution in [1.82, 2.24) is 15.2 Å². The number of carbonyl (C=O) groups is 3. The highest BCUT2D eigenvalue weighted by atomic mass is 127. The average Bonchev–Trinajstić information content (AvgIpc) is 3.79. The fourth-order valence-electron chi connectivity index (χ4n) is 7.58. The van der Waals surface area contributed by atoms with E-state index in [1.807, 2.05) is 127 Å². The second kappa shape index (κ2) is 19.1. The van der Waals surface area contributed by atoms with E-state index in [0.29, 0.717) is 20.9 Å². The van der Waals surface area contributed by atoms with Crippen LogP contribution in [0.15, 0.2) is 186 Å². The van der Waals surface area contributed by atoms with Crippen LogP contribution in [0.1, 0.15) is 39.6 Å². The number of carbonyl (C=O) groups excluding carboxylic acids is 3. The number of β-lactam (4-membered cyclic amide) rings is 1. The summed E-state index contributed by atoms with van der Waals surface area (Å²) >= 11 is 5.01. The summed E-state index contributed by atoms with van der Waals surface area (Å²) in [5.74, 6) is -1.29. The van der Waals surface area contributed by atoms with Gasteiger partial charge in [0.25, 0.3) is 11.8 Å². The lowest BCUT2D eigenvalue weighted by molar-refractivity contribution is -0.154. The van der Waals surface area contributed by atoms with Gasteiger partial charge in [0.1, 0.15) is 35.5 Å². The fraction of sp³-hybridized carbons (Fsp3) is 0.146. The summed E-state index contributed by atoms with van der Waals surface area (Å²) in [6.07, 6.45) is 3.10. The smallest absolute Gasteiger partial charge is 0.356 e. The predicted octanol–water partition coefficient (Wildman–Crippen LogP) is 8.88. The normalized spacial score (nSPS) is 16.5. The molecule has 2 aliphatic heterocycles. The second-order valence-corrected chi connectivity index (χ2v) is 16.9. The van der Waals surface area contributed by atoms with Crippen LogP contribution in [0, 0.1) is 0 Å². The maximum Gasteiger partial charge on any atom is 0.356 e. The lowest BCUT2D eigenvalue weighted by atomic mass is 9.77. The highest BCUT2D eigenvalue weighted by Crippen LogP contribution is 2.43. The standard InChI is InChI=1S/C48H40IN5O5S2/c1-58-53-39(38-31-61-47(50-38)52-48(35-23-11-4-12-24-35,36-25-13-5-14-26-36)37-27-15-6-16-28-37)43(55)51-40-44(56)54-41(34(22-17-29-49)30-60-45(40)54)46(57)59-42(32-18-7-2-8-19-32)33-20-9-3-10-21-33/h2-28,31,40,42,45H,29-30H2,1H3,(H,50,52)(H,51,55)/b22-17+,53-39-/t40?,45-/m0/s1. The van der Waals surface area contributed by atoms with Crippen molar-refractivity contribution in [3.05, 3.63) is 214 Å². The summed E-state index contributed by atoms with van der Waals surface area (Å²) in [4.78, 5) is 54.0. The molecule has 0 bridgehead atoms. The molecule has 5 aromatic carbocycles. The monoisotopic (exact) mass is 957 g/mol. The topological polar surface area (TPSA) is 122 Å². The summed E-state index contributed by atoms with van der Waals surface area (Å²) in [5, 5.41) is 12.4. The molecule has 1 fully saturated rings. The third kappa shape index (κ3) is 8.63. The number of alkyl halides is 1. The molecule has 1 saturated heterocycles. The SMILES string of the molecule is CO/N=C(\C(=O)NC1C(=O)N2C(C(=O)OC(c3ccccc3)c3ccccc3)=C(/C=C/CI)CS[C@@H]12)c1csc(NC(c2ccccc2)(c2ccccc2)c2ccccc2)n1. The molecule has 61 heavy (non-hydrogen) atoms.